The van der Waals surface area contributed by atoms with Crippen LogP contribution in [0, 0.1) is 11.7 Å². The van der Waals surface area contributed by atoms with Gasteiger partial charge in [0.2, 0.25) is 5.91 Å². The Morgan fingerprint density at radius 2 is 1.65 bits per heavy atom. The second-order valence-electron chi connectivity index (χ2n) is 6.70. The van der Waals surface area contributed by atoms with Crippen molar-refractivity contribution in [1.29, 1.82) is 0 Å². The number of ether oxygens (including phenoxy) is 1. The molecule has 0 aromatic heterocycles. The quantitative estimate of drug-likeness (QED) is 0.719. The molecule has 0 radical (unpaired) electrons. The zero-order valence-corrected chi connectivity index (χ0v) is 16.6. The maximum absolute atomic E-state index is 12.9. The minimum absolute atomic E-state index is 0.149. The van der Waals surface area contributed by atoms with Gasteiger partial charge in [0.15, 0.2) is 0 Å². The van der Waals surface area contributed by atoms with E-state index in [0.717, 1.165) is 0 Å². The van der Waals surface area contributed by atoms with Gasteiger partial charge in [0.25, 0.3) is 0 Å². The Labute approximate surface area is 156 Å². The first-order valence-corrected chi connectivity index (χ1v) is 9.83. The lowest BCUT2D eigenvalue weighted by molar-refractivity contribution is -0.124. The fourth-order valence-corrected chi connectivity index (χ4v) is 3.36. The standard InChI is InChI=1S/C18H27FN2O4S/c1-11(2)16(21-18(23)25-12(3)4)17(22)20-13(5)10-26(24)15-8-6-14(19)7-9-15/h6-9,11-13,16H,10H2,1-5H3,(H,20,22)(H,21,23). The number of nitrogens with one attached hydrogen (secondary N) is 2. The Hall–Kier alpha value is -1.96. The van der Waals surface area contributed by atoms with E-state index < -0.39 is 34.8 Å². The van der Waals surface area contributed by atoms with Crippen molar-refractivity contribution in [3.8, 4) is 0 Å². The van der Waals surface area contributed by atoms with Crippen LogP contribution in [0.1, 0.15) is 34.6 Å². The van der Waals surface area contributed by atoms with Crippen LogP contribution in [0.25, 0.3) is 0 Å². The van der Waals surface area contributed by atoms with Crippen molar-refractivity contribution in [2.24, 2.45) is 5.92 Å². The normalized spacial score (nSPS) is 14.6. The second kappa shape index (κ2) is 10.3. The number of amides is 2. The largest absolute Gasteiger partial charge is 0.447 e. The Bertz CT molecular complexity index is 635. The predicted molar refractivity (Wildman–Crippen MR) is 98.7 cm³/mol. The molecule has 0 saturated heterocycles. The molecule has 1 aromatic carbocycles. The highest BCUT2D eigenvalue weighted by Gasteiger charge is 2.26. The van der Waals surface area contributed by atoms with Crippen LogP contribution in [0.5, 0.6) is 0 Å². The molecule has 0 heterocycles. The number of hydrogen-bond acceptors (Lipinski definition) is 4. The van der Waals surface area contributed by atoms with Gasteiger partial charge in [-0.2, -0.15) is 0 Å². The predicted octanol–water partition coefficient (Wildman–Crippen LogP) is 2.60. The molecule has 0 aliphatic rings. The van der Waals surface area contributed by atoms with Gasteiger partial charge in [-0.15, -0.1) is 0 Å². The van der Waals surface area contributed by atoms with E-state index in [1.165, 1.54) is 24.3 Å². The molecule has 3 atom stereocenters. The van der Waals surface area contributed by atoms with Gasteiger partial charge >= 0.3 is 6.09 Å². The van der Waals surface area contributed by atoms with Crippen LogP contribution in [0.2, 0.25) is 0 Å². The molecule has 8 heteroatoms. The van der Waals surface area contributed by atoms with Gasteiger partial charge in [-0.25, -0.2) is 9.18 Å². The van der Waals surface area contributed by atoms with Gasteiger partial charge in [0.05, 0.1) is 16.9 Å². The number of rotatable bonds is 8. The van der Waals surface area contributed by atoms with E-state index >= 15 is 0 Å². The monoisotopic (exact) mass is 386 g/mol. The third kappa shape index (κ3) is 7.51. The van der Waals surface area contributed by atoms with E-state index in [1.807, 2.05) is 0 Å². The summed E-state index contributed by atoms with van der Waals surface area (Å²) in [6.45, 7) is 8.78. The Balaban J connectivity index is 2.62. The molecule has 0 aliphatic heterocycles. The number of hydrogen-bond donors (Lipinski definition) is 2. The molecule has 1 aromatic rings. The first-order chi connectivity index (χ1) is 12.1. The van der Waals surface area contributed by atoms with Crippen LogP contribution in [0.3, 0.4) is 0 Å². The summed E-state index contributed by atoms with van der Waals surface area (Å²) in [6.07, 6.45) is -0.945. The maximum atomic E-state index is 12.9. The third-order valence-electron chi connectivity index (χ3n) is 3.43. The van der Waals surface area contributed by atoms with E-state index in [1.54, 1.807) is 34.6 Å². The summed E-state index contributed by atoms with van der Waals surface area (Å²) < 4.78 is 30.2. The Morgan fingerprint density at radius 1 is 1.08 bits per heavy atom. The molecule has 146 valence electrons. The summed E-state index contributed by atoms with van der Waals surface area (Å²) in [5.74, 6) is -0.737. The highest BCUT2D eigenvalue weighted by Crippen LogP contribution is 2.10. The minimum Gasteiger partial charge on any atom is -0.447 e. The van der Waals surface area contributed by atoms with Crippen LogP contribution in [-0.4, -0.2) is 40.1 Å². The van der Waals surface area contributed by atoms with Gasteiger partial charge < -0.3 is 15.4 Å². The van der Waals surface area contributed by atoms with Crippen molar-refractivity contribution >= 4 is 22.8 Å². The van der Waals surface area contributed by atoms with Crippen molar-refractivity contribution in [3.63, 3.8) is 0 Å². The van der Waals surface area contributed by atoms with Crippen LogP contribution >= 0.6 is 0 Å². The van der Waals surface area contributed by atoms with Gasteiger partial charge in [0, 0.05) is 16.7 Å². The first-order valence-electron chi connectivity index (χ1n) is 8.51. The van der Waals surface area contributed by atoms with E-state index in [4.69, 9.17) is 4.74 Å². The first kappa shape index (κ1) is 22.1. The van der Waals surface area contributed by atoms with Gasteiger partial charge in [-0.1, -0.05) is 13.8 Å². The molecular weight excluding hydrogens is 359 g/mol. The van der Waals surface area contributed by atoms with E-state index in [2.05, 4.69) is 10.6 Å². The summed E-state index contributed by atoms with van der Waals surface area (Å²) in [4.78, 5) is 24.7. The summed E-state index contributed by atoms with van der Waals surface area (Å²) >= 11 is 0. The lowest BCUT2D eigenvalue weighted by atomic mass is 10.0. The molecule has 1 rings (SSSR count). The molecule has 0 saturated carbocycles. The molecule has 6 nitrogen and oxygen atoms in total. The Morgan fingerprint density at radius 3 is 2.15 bits per heavy atom. The summed E-state index contributed by atoms with van der Waals surface area (Å²) in [6, 6.07) is 4.26. The number of benzene rings is 1. The SMILES string of the molecule is CC(CS(=O)c1ccc(F)cc1)NC(=O)C(NC(=O)OC(C)C)C(C)C. The topological polar surface area (TPSA) is 84.5 Å². The smallest absolute Gasteiger partial charge is 0.408 e. The van der Waals surface area contributed by atoms with Crippen LogP contribution in [-0.2, 0) is 20.3 Å². The number of halogens is 1. The molecule has 2 N–H and O–H groups in total. The second-order valence-corrected chi connectivity index (χ2v) is 8.19. The Kier molecular flexibility index (Phi) is 8.71. The highest BCUT2D eigenvalue weighted by atomic mass is 32.2. The molecule has 26 heavy (non-hydrogen) atoms. The summed E-state index contributed by atoms with van der Waals surface area (Å²) in [5.41, 5.74) is 0. The molecule has 2 amide bonds. The molecule has 0 spiro atoms. The third-order valence-corrected chi connectivity index (χ3v) is 5.03. The average Bonchev–Trinajstić information content (AvgIpc) is 2.51. The lowest BCUT2D eigenvalue weighted by Crippen LogP contribution is -2.52. The lowest BCUT2D eigenvalue weighted by Gasteiger charge is -2.24. The molecule has 0 fully saturated rings. The van der Waals surface area contributed by atoms with Crippen LogP contribution < -0.4 is 10.6 Å². The van der Waals surface area contributed by atoms with E-state index in [9.17, 15) is 18.2 Å². The minimum atomic E-state index is -1.37. The van der Waals surface area contributed by atoms with Crippen LogP contribution in [0.15, 0.2) is 29.2 Å². The van der Waals surface area contributed by atoms with Crippen LogP contribution in [0.4, 0.5) is 9.18 Å². The van der Waals surface area contributed by atoms with Crippen molar-refractivity contribution in [3.05, 3.63) is 30.1 Å². The van der Waals surface area contributed by atoms with Crippen molar-refractivity contribution in [2.45, 2.75) is 57.7 Å². The zero-order chi connectivity index (χ0) is 19.9. The van der Waals surface area contributed by atoms with Crippen molar-refractivity contribution in [1.82, 2.24) is 10.6 Å². The van der Waals surface area contributed by atoms with Crippen molar-refractivity contribution < 1.29 is 22.9 Å². The van der Waals surface area contributed by atoms with E-state index in [0.29, 0.717) is 4.90 Å². The van der Waals surface area contributed by atoms with Gasteiger partial charge in [0.1, 0.15) is 11.9 Å². The molecule has 0 bridgehead atoms. The highest BCUT2D eigenvalue weighted by molar-refractivity contribution is 7.85. The average molecular weight is 386 g/mol. The molecule has 3 unspecified atom stereocenters. The van der Waals surface area contributed by atoms with Gasteiger partial charge in [-0.3, -0.25) is 9.00 Å². The zero-order valence-electron chi connectivity index (χ0n) is 15.7. The summed E-state index contributed by atoms with van der Waals surface area (Å²) in [7, 11) is -1.37. The maximum Gasteiger partial charge on any atom is 0.408 e. The number of carbonyl (C=O) groups is 2. The van der Waals surface area contributed by atoms with Gasteiger partial charge in [-0.05, 0) is 51.0 Å². The molecular formula is C18H27FN2O4S. The number of alkyl carbamates (subject to hydrolysis) is 1. The van der Waals surface area contributed by atoms with E-state index in [-0.39, 0.29) is 23.7 Å². The summed E-state index contributed by atoms with van der Waals surface area (Å²) in [5, 5.41) is 5.31. The van der Waals surface area contributed by atoms with Crippen molar-refractivity contribution in [2.75, 3.05) is 5.75 Å². The fourth-order valence-electron chi connectivity index (χ4n) is 2.19. The fraction of sp³-hybridized carbons (Fsp3) is 0.556. The molecule has 0 aliphatic carbocycles. The number of carbonyl (C=O) groups excluding carboxylic acids is 2.